The third-order valence-electron chi connectivity index (χ3n) is 5.77. The molecule has 5 rings (SSSR count). The minimum Gasteiger partial charge on any atom is -0.481 e. The molecular formula is C27H21N3O5S2. The summed E-state index contributed by atoms with van der Waals surface area (Å²) in [6.45, 7) is 1.86. The summed E-state index contributed by atoms with van der Waals surface area (Å²) in [5.74, 6) is -1.64. The number of aryl methyl sites for hydroxylation is 1. The van der Waals surface area contributed by atoms with Crippen molar-refractivity contribution in [2.24, 2.45) is 4.99 Å². The number of para-hydroxylation sites is 1. The summed E-state index contributed by atoms with van der Waals surface area (Å²) in [7, 11) is -4.11. The van der Waals surface area contributed by atoms with Gasteiger partial charge in [0.1, 0.15) is 9.81 Å². The van der Waals surface area contributed by atoms with E-state index in [-0.39, 0.29) is 26.3 Å². The second kappa shape index (κ2) is 9.72. The molecule has 2 heterocycles. The van der Waals surface area contributed by atoms with Gasteiger partial charge in [-0.25, -0.2) is 8.42 Å². The van der Waals surface area contributed by atoms with Crippen molar-refractivity contribution in [2.75, 3.05) is 5.32 Å². The van der Waals surface area contributed by atoms with Gasteiger partial charge >= 0.3 is 5.97 Å². The van der Waals surface area contributed by atoms with E-state index in [0.717, 1.165) is 22.8 Å². The average Bonchev–Trinajstić information content (AvgIpc) is 3.43. The zero-order chi connectivity index (χ0) is 26.2. The highest BCUT2D eigenvalue weighted by molar-refractivity contribution is 8.19. The van der Waals surface area contributed by atoms with Crippen molar-refractivity contribution < 1.29 is 23.1 Å². The highest BCUT2D eigenvalue weighted by Gasteiger charge is 2.35. The number of thioether (sulfide) groups is 1. The number of hydrogen-bond acceptors (Lipinski definition) is 6. The van der Waals surface area contributed by atoms with Crippen LogP contribution in [0.15, 0.2) is 93.8 Å². The molecule has 0 spiro atoms. The molecule has 0 bridgehead atoms. The van der Waals surface area contributed by atoms with Gasteiger partial charge in [-0.05, 0) is 54.6 Å². The fourth-order valence-corrected chi connectivity index (χ4v) is 6.84. The molecule has 0 unspecified atom stereocenters. The SMILES string of the molecule is Cc1ccc(S(=O)(=O)C(=C2SC(Nc3cccc(CC(=O)O)c3)=NC2=O)c2c[nH]c3ccccc23)cc1. The number of rotatable bonds is 6. The van der Waals surface area contributed by atoms with Crippen molar-refractivity contribution in [3.8, 4) is 0 Å². The molecule has 1 aliphatic heterocycles. The maximum Gasteiger partial charge on any atom is 0.307 e. The first kappa shape index (κ1) is 24.5. The predicted molar refractivity (Wildman–Crippen MR) is 145 cm³/mol. The Labute approximate surface area is 217 Å². The first-order valence-corrected chi connectivity index (χ1v) is 13.5. The van der Waals surface area contributed by atoms with E-state index in [2.05, 4.69) is 15.3 Å². The Balaban J connectivity index is 1.59. The van der Waals surface area contributed by atoms with Crippen molar-refractivity contribution in [1.29, 1.82) is 0 Å². The van der Waals surface area contributed by atoms with Gasteiger partial charge in [-0.1, -0.05) is 48.0 Å². The quantitative estimate of drug-likeness (QED) is 0.299. The van der Waals surface area contributed by atoms with Crippen molar-refractivity contribution in [2.45, 2.75) is 18.2 Å². The zero-order valence-corrected chi connectivity index (χ0v) is 21.2. The van der Waals surface area contributed by atoms with Crippen LogP contribution in [0.3, 0.4) is 0 Å². The summed E-state index contributed by atoms with van der Waals surface area (Å²) >= 11 is 0.933. The topological polar surface area (TPSA) is 129 Å². The lowest BCUT2D eigenvalue weighted by molar-refractivity contribution is -0.136. The molecule has 1 amide bonds. The number of amidine groups is 1. The largest absolute Gasteiger partial charge is 0.481 e. The van der Waals surface area contributed by atoms with Crippen LogP contribution in [-0.2, 0) is 25.8 Å². The number of aromatic nitrogens is 1. The molecule has 8 nitrogen and oxygen atoms in total. The molecule has 0 saturated carbocycles. The number of H-pyrrole nitrogens is 1. The van der Waals surface area contributed by atoms with Gasteiger partial charge in [-0.2, -0.15) is 4.99 Å². The van der Waals surface area contributed by atoms with Crippen molar-refractivity contribution in [3.63, 3.8) is 0 Å². The number of amides is 1. The van der Waals surface area contributed by atoms with Crippen molar-refractivity contribution in [1.82, 2.24) is 4.98 Å². The lowest BCUT2D eigenvalue weighted by atomic mass is 10.1. The van der Waals surface area contributed by atoms with Crippen LogP contribution in [0.5, 0.6) is 0 Å². The molecule has 0 atom stereocenters. The minimum absolute atomic E-state index is 0.0190. The third-order valence-corrected chi connectivity index (χ3v) is 8.72. The highest BCUT2D eigenvalue weighted by Crippen LogP contribution is 2.41. The van der Waals surface area contributed by atoms with Crippen molar-refractivity contribution >= 4 is 60.1 Å². The summed E-state index contributed by atoms with van der Waals surface area (Å²) in [6.07, 6.45) is 1.44. The van der Waals surface area contributed by atoms with Crippen LogP contribution in [0.2, 0.25) is 0 Å². The number of aromatic amines is 1. The van der Waals surface area contributed by atoms with Crippen LogP contribution in [0.4, 0.5) is 5.69 Å². The number of carboxylic acid groups (broad SMARTS) is 1. The monoisotopic (exact) mass is 531 g/mol. The molecule has 1 aromatic heterocycles. The normalized spacial score (nSPS) is 15.1. The summed E-state index contributed by atoms with van der Waals surface area (Å²) in [6, 6.07) is 20.5. The van der Waals surface area contributed by atoms with E-state index in [9.17, 15) is 18.0 Å². The Kier molecular flexibility index (Phi) is 6.45. The molecule has 4 aromatic rings. The Hall–Kier alpha value is -4.15. The van der Waals surface area contributed by atoms with Gasteiger partial charge in [0.15, 0.2) is 5.17 Å². The molecular weight excluding hydrogens is 510 g/mol. The fourth-order valence-electron chi connectivity index (χ4n) is 4.04. The number of carboxylic acids is 1. The lowest BCUT2D eigenvalue weighted by Gasteiger charge is -2.12. The summed E-state index contributed by atoms with van der Waals surface area (Å²) in [4.78, 5) is 31.3. The molecule has 1 aliphatic rings. The molecule has 3 aromatic carbocycles. The number of nitrogens with zero attached hydrogens (tertiary/aromatic N) is 1. The van der Waals surface area contributed by atoms with Crippen LogP contribution in [0, 0.1) is 6.92 Å². The van der Waals surface area contributed by atoms with Gasteiger partial charge in [0.25, 0.3) is 5.91 Å². The van der Waals surface area contributed by atoms with Gasteiger partial charge in [-0.3, -0.25) is 9.59 Å². The molecule has 37 heavy (non-hydrogen) atoms. The Morgan fingerprint density at radius 2 is 1.81 bits per heavy atom. The smallest absolute Gasteiger partial charge is 0.307 e. The lowest BCUT2D eigenvalue weighted by Crippen LogP contribution is -2.09. The second-order valence-electron chi connectivity index (χ2n) is 8.44. The van der Waals surface area contributed by atoms with E-state index in [4.69, 9.17) is 5.11 Å². The average molecular weight is 532 g/mol. The number of hydrogen-bond donors (Lipinski definition) is 3. The van der Waals surface area contributed by atoms with Crippen LogP contribution in [-0.4, -0.2) is 35.6 Å². The number of benzene rings is 3. The summed E-state index contributed by atoms with van der Waals surface area (Å²) in [5, 5.41) is 12.9. The van der Waals surface area contributed by atoms with E-state index in [1.165, 1.54) is 12.1 Å². The van der Waals surface area contributed by atoms with Gasteiger partial charge in [0.2, 0.25) is 9.84 Å². The molecule has 186 valence electrons. The van der Waals surface area contributed by atoms with E-state index >= 15 is 0 Å². The molecule has 0 fully saturated rings. The van der Waals surface area contributed by atoms with Crippen LogP contribution in [0.25, 0.3) is 15.8 Å². The minimum atomic E-state index is -4.11. The second-order valence-corrected chi connectivity index (χ2v) is 11.3. The number of carbonyl (C=O) groups is 2. The Morgan fingerprint density at radius 1 is 1.05 bits per heavy atom. The number of carbonyl (C=O) groups excluding carboxylic acids is 1. The van der Waals surface area contributed by atoms with Crippen molar-refractivity contribution in [3.05, 3.63) is 101 Å². The summed E-state index contributed by atoms with van der Waals surface area (Å²) < 4.78 is 27.9. The molecule has 10 heteroatoms. The highest BCUT2D eigenvalue weighted by atomic mass is 32.2. The Morgan fingerprint density at radius 3 is 2.57 bits per heavy atom. The van der Waals surface area contributed by atoms with E-state index in [1.54, 1.807) is 54.7 Å². The van der Waals surface area contributed by atoms with Gasteiger partial charge in [0.05, 0.1) is 11.3 Å². The number of nitrogens with one attached hydrogen (secondary N) is 2. The van der Waals surface area contributed by atoms with Gasteiger partial charge in [-0.15, -0.1) is 0 Å². The third kappa shape index (κ3) is 4.93. The fraction of sp³-hybridized carbons (Fsp3) is 0.0741. The first-order chi connectivity index (χ1) is 17.7. The van der Waals surface area contributed by atoms with E-state index in [0.29, 0.717) is 22.2 Å². The Bertz CT molecular complexity index is 1720. The van der Waals surface area contributed by atoms with Gasteiger partial charge in [0, 0.05) is 28.4 Å². The van der Waals surface area contributed by atoms with Crippen LogP contribution >= 0.6 is 11.8 Å². The molecule has 3 N–H and O–H groups in total. The maximum atomic E-state index is 14.0. The number of anilines is 1. The molecule has 0 aliphatic carbocycles. The molecule has 0 saturated heterocycles. The summed E-state index contributed by atoms with van der Waals surface area (Å²) in [5.41, 5.74) is 3.14. The van der Waals surface area contributed by atoms with E-state index < -0.39 is 21.7 Å². The van der Waals surface area contributed by atoms with Gasteiger partial charge < -0.3 is 15.4 Å². The van der Waals surface area contributed by atoms with Crippen LogP contribution in [0.1, 0.15) is 16.7 Å². The maximum absolute atomic E-state index is 14.0. The number of aliphatic carboxylic acids is 1. The van der Waals surface area contributed by atoms with E-state index in [1.807, 2.05) is 19.1 Å². The number of aliphatic imine (C=N–C) groups is 1. The number of fused-ring (bicyclic) bond motifs is 1. The standard InChI is InChI=1S/C27H21N3O5S2/c1-16-9-11-19(12-10-16)37(34,35)25(21-15-28-22-8-3-2-7-20(21)22)24-26(33)30-27(36-24)29-18-6-4-5-17(13-18)14-23(31)32/h2-13,15,28H,14H2,1H3,(H,31,32)(H,29,30,33). The zero-order valence-electron chi connectivity index (χ0n) is 19.6. The first-order valence-electron chi connectivity index (χ1n) is 11.2. The molecule has 0 radical (unpaired) electrons. The van der Waals surface area contributed by atoms with Crippen LogP contribution < -0.4 is 5.32 Å². The predicted octanol–water partition coefficient (Wildman–Crippen LogP) is 4.99. The number of sulfone groups is 1.